The Morgan fingerprint density at radius 2 is 1.92 bits per heavy atom. The van der Waals surface area contributed by atoms with Crippen molar-refractivity contribution >= 4 is 16.9 Å². The molecule has 0 bridgehead atoms. The van der Waals surface area contributed by atoms with Crippen LogP contribution in [0, 0.1) is 18.6 Å². The van der Waals surface area contributed by atoms with Crippen molar-refractivity contribution in [1.29, 1.82) is 0 Å². The lowest BCUT2D eigenvalue weighted by molar-refractivity contribution is -0.140. The van der Waals surface area contributed by atoms with Gasteiger partial charge in [-0.25, -0.2) is 13.8 Å². The molecule has 0 saturated heterocycles. The molecular weight excluding hydrogens is 488 g/mol. The number of carbonyl (C=O) groups is 1. The van der Waals surface area contributed by atoms with E-state index in [1.807, 2.05) is 37.3 Å². The number of fused-ring (bicyclic) bond motifs is 1. The van der Waals surface area contributed by atoms with E-state index in [0.29, 0.717) is 35.5 Å². The van der Waals surface area contributed by atoms with Crippen LogP contribution in [0.4, 0.5) is 8.78 Å². The maximum absolute atomic E-state index is 14.9. The summed E-state index contributed by atoms with van der Waals surface area (Å²) in [6.45, 7) is 3.80. The van der Waals surface area contributed by atoms with Crippen LogP contribution in [0.3, 0.4) is 0 Å². The Kier molecular flexibility index (Phi) is 6.96. The first kappa shape index (κ1) is 25.2. The second-order valence-electron chi connectivity index (χ2n) is 9.23. The highest BCUT2D eigenvalue weighted by Gasteiger charge is 2.18. The predicted octanol–water partition coefficient (Wildman–Crippen LogP) is 7.19. The van der Waals surface area contributed by atoms with Gasteiger partial charge in [0.05, 0.1) is 12.7 Å². The minimum absolute atomic E-state index is 0.0540. The lowest BCUT2D eigenvalue weighted by Crippen LogP contribution is -2.03. The van der Waals surface area contributed by atoms with E-state index < -0.39 is 11.6 Å². The summed E-state index contributed by atoms with van der Waals surface area (Å²) in [5, 5.41) is 0.850. The van der Waals surface area contributed by atoms with Crippen molar-refractivity contribution in [2.75, 3.05) is 7.11 Å². The van der Waals surface area contributed by atoms with Gasteiger partial charge in [-0.2, -0.15) is 0 Å². The van der Waals surface area contributed by atoms with E-state index in [4.69, 9.17) is 9.47 Å². The first-order valence-corrected chi connectivity index (χ1v) is 12.3. The molecule has 1 atom stereocenters. The van der Waals surface area contributed by atoms with Gasteiger partial charge in [0.2, 0.25) is 0 Å². The van der Waals surface area contributed by atoms with Gasteiger partial charge in [0.15, 0.2) is 11.6 Å². The number of H-pyrrole nitrogens is 2. The Morgan fingerprint density at radius 1 is 1.08 bits per heavy atom. The van der Waals surface area contributed by atoms with Gasteiger partial charge in [-0.3, -0.25) is 4.79 Å². The van der Waals surface area contributed by atoms with Crippen molar-refractivity contribution in [2.24, 2.45) is 0 Å². The third-order valence-electron chi connectivity index (χ3n) is 6.78. The number of hydrogen-bond donors (Lipinski definition) is 2. The summed E-state index contributed by atoms with van der Waals surface area (Å²) in [7, 11) is 1.38. The number of benzene rings is 3. The molecule has 0 aliphatic heterocycles. The largest absolute Gasteiger partial charge is 0.469 e. The fraction of sp³-hybridized carbons (Fsp3) is 0.200. The highest BCUT2D eigenvalue weighted by molar-refractivity contribution is 5.85. The zero-order valence-electron chi connectivity index (χ0n) is 21.3. The van der Waals surface area contributed by atoms with Gasteiger partial charge >= 0.3 is 5.97 Å². The molecule has 5 rings (SSSR count). The molecule has 0 amide bonds. The zero-order chi connectivity index (χ0) is 26.8. The second kappa shape index (κ2) is 10.5. The molecule has 2 N–H and O–H groups in total. The van der Waals surface area contributed by atoms with Crippen molar-refractivity contribution in [1.82, 2.24) is 15.0 Å². The van der Waals surface area contributed by atoms with E-state index in [2.05, 4.69) is 15.0 Å². The first-order valence-electron chi connectivity index (χ1n) is 12.3. The number of ether oxygens (including phenoxy) is 2. The molecule has 5 aromatic rings. The van der Waals surface area contributed by atoms with Crippen LogP contribution < -0.4 is 4.74 Å². The molecule has 8 heteroatoms. The van der Waals surface area contributed by atoms with E-state index in [0.717, 1.165) is 22.2 Å². The molecule has 0 radical (unpaired) electrons. The maximum atomic E-state index is 14.9. The molecule has 2 aromatic heterocycles. The van der Waals surface area contributed by atoms with Crippen LogP contribution in [0.25, 0.3) is 22.3 Å². The van der Waals surface area contributed by atoms with Crippen LogP contribution in [-0.4, -0.2) is 28.0 Å². The number of hydrogen-bond acceptors (Lipinski definition) is 4. The number of methoxy groups -OCH3 is 1. The van der Waals surface area contributed by atoms with E-state index in [-0.39, 0.29) is 23.2 Å². The standard InChI is InChI=1S/C30H27F2N3O3/c1-17(20-6-4-5-19(13-20)7-10-28(36)37-3)27-16-34-30(35-27)23-14-21(8-9-24(23)31)38-29-18(2)22-11-12-33-26(22)15-25(29)32/h4-6,8-9,11-17,33H,7,10H2,1-3H3,(H,34,35). The summed E-state index contributed by atoms with van der Waals surface area (Å²) < 4.78 is 40.2. The lowest BCUT2D eigenvalue weighted by Gasteiger charge is -2.13. The molecule has 0 saturated carbocycles. The topological polar surface area (TPSA) is 80.0 Å². The molecule has 3 aromatic carbocycles. The van der Waals surface area contributed by atoms with E-state index >= 15 is 0 Å². The van der Waals surface area contributed by atoms with Gasteiger partial charge in [0.25, 0.3) is 0 Å². The summed E-state index contributed by atoms with van der Waals surface area (Å²) in [5.41, 5.74) is 4.40. The highest BCUT2D eigenvalue weighted by Crippen LogP contribution is 2.35. The maximum Gasteiger partial charge on any atom is 0.305 e. The number of rotatable bonds is 8. The van der Waals surface area contributed by atoms with Crippen LogP contribution in [0.5, 0.6) is 11.5 Å². The van der Waals surface area contributed by atoms with E-state index in [1.54, 1.807) is 19.3 Å². The predicted molar refractivity (Wildman–Crippen MR) is 141 cm³/mol. The van der Waals surface area contributed by atoms with Gasteiger partial charge in [-0.15, -0.1) is 0 Å². The Morgan fingerprint density at radius 3 is 2.74 bits per heavy atom. The average Bonchev–Trinajstić information content (AvgIpc) is 3.60. The fourth-order valence-corrected chi connectivity index (χ4v) is 4.55. The summed E-state index contributed by atoms with van der Waals surface area (Å²) in [5.74, 6) is -0.562. The van der Waals surface area contributed by atoms with Crippen molar-refractivity contribution < 1.29 is 23.0 Å². The van der Waals surface area contributed by atoms with Crippen molar-refractivity contribution in [2.45, 2.75) is 32.6 Å². The van der Waals surface area contributed by atoms with Crippen LogP contribution in [0.2, 0.25) is 0 Å². The number of aromatic amines is 2. The zero-order valence-corrected chi connectivity index (χ0v) is 21.3. The number of imidazole rings is 1. The fourth-order valence-electron chi connectivity index (χ4n) is 4.55. The van der Waals surface area contributed by atoms with Gasteiger partial charge in [0.1, 0.15) is 17.4 Å². The lowest BCUT2D eigenvalue weighted by atomic mass is 9.95. The van der Waals surface area contributed by atoms with Gasteiger partial charge in [-0.05, 0) is 48.7 Å². The molecule has 38 heavy (non-hydrogen) atoms. The third kappa shape index (κ3) is 5.02. The van der Waals surface area contributed by atoms with Crippen molar-refractivity contribution in [3.8, 4) is 22.9 Å². The van der Waals surface area contributed by atoms with Crippen LogP contribution >= 0.6 is 0 Å². The Labute approximate surface area is 218 Å². The van der Waals surface area contributed by atoms with Crippen molar-refractivity contribution in [3.63, 3.8) is 0 Å². The number of nitrogens with one attached hydrogen (secondary N) is 2. The molecule has 6 nitrogen and oxygen atoms in total. The normalized spacial score (nSPS) is 12.0. The van der Waals surface area contributed by atoms with Crippen LogP contribution in [0.1, 0.15) is 41.6 Å². The second-order valence-corrected chi connectivity index (χ2v) is 9.23. The third-order valence-corrected chi connectivity index (χ3v) is 6.78. The summed E-state index contributed by atoms with van der Waals surface area (Å²) in [6, 6.07) is 15.4. The smallest absolute Gasteiger partial charge is 0.305 e. The van der Waals surface area contributed by atoms with E-state index in [9.17, 15) is 13.6 Å². The number of aryl methyl sites for hydroxylation is 2. The molecule has 0 spiro atoms. The quantitative estimate of drug-likeness (QED) is 0.214. The monoisotopic (exact) mass is 515 g/mol. The van der Waals surface area contributed by atoms with Gasteiger partial charge < -0.3 is 19.4 Å². The Balaban J connectivity index is 1.38. The number of aromatic nitrogens is 3. The molecule has 0 aliphatic rings. The number of carbonyl (C=O) groups excluding carboxylic acids is 1. The average molecular weight is 516 g/mol. The van der Waals surface area contributed by atoms with Crippen LogP contribution in [-0.2, 0) is 16.0 Å². The molecular formula is C30H27F2N3O3. The Bertz CT molecular complexity index is 1620. The molecule has 2 heterocycles. The molecule has 0 aliphatic carbocycles. The molecule has 194 valence electrons. The minimum Gasteiger partial charge on any atom is -0.469 e. The number of halogens is 2. The highest BCUT2D eigenvalue weighted by atomic mass is 19.1. The Hall–Kier alpha value is -4.46. The summed E-state index contributed by atoms with van der Waals surface area (Å²) >= 11 is 0. The van der Waals surface area contributed by atoms with Crippen molar-refractivity contribution in [3.05, 3.63) is 101 Å². The SMILES string of the molecule is COC(=O)CCc1cccc(C(C)c2cnc(-c3cc(Oc4c(F)cc5[nH]ccc5c4C)ccc3F)[nH]2)c1. The minimum atomic E-state index is -0.508. The van der Waals surface area contributed by atoms with Gasteiger partial charge in [-0.1, -0.05) is 31.2 Å². The van der Waals surface area contributed by atoms with Gasteiger partial charge in [0, 0.05) is 53.0 Å². The van der Waals surface area contributed by atoms with Crippen LogP contribution in [0.15, 0.2) is 67.0 Å². The molecule has 1 unspecified atom stereocenters. The number of esters is 1. The number of nitrogens with zero attached hydrogens (tertiary/aromatic N) is 1. The summed E-state index contributed by atoms with van der Waals surface area (Å²) in [6.07, 6.45) is 4.31. The summed E-state index contributed by atoms with van der Waals surface area (Å²) in [4.78, 5) is 22.1. The molecule has 0 fully saturated rings. The van der Waals surface area contributed by atoms with E-state index in [1.165, 1.54) is 31.4 Å². The first-order chi connectivity index (χ1) is 18.3.